The van der Waals surface area contributed by atoms with Crippen molar-refractivity contribution in [2.75, 3.05) is 12.4 Å². The Morgan fingerprint density at radius 1 is 1.17 bits per heavy atom. The van der Waals surface area contributed by atoms with E-state index in [-0.39, 0.29) is 12.0 Å². The summed E-state index contributed by atoms with van der Waals surface area (Å²) in [6, 6.07) is 13.0. The minimum Gasteiger partial charge on any atom is -0.493 e. The van der Waals surface area contributed by atoms with Crippen LogP contribution in [0.1, 0.15) is 51.0 Å². The van der Waals surface area contributed by atoms with Crippen LogP contribution in [0.25, 0.3) is 0 Å². The molecule has 0 unspecified atom stereocenters. The van der Waals surface area contributed by atoms with Gasteiger partial charge in [0.15, 0.2) is 11.5 Å². The molecular weight excluding hydrogens is 565 g/mol. The van der Waals surface area contributed by atoms with Gasteiger partial charge in [-0.3, -0.25) is 0 Å². The highest BCUT2D eigenvalue weighted by molar-refractivity contribution is 9.10. The third-order valence-electron chi connectivity index (χ3n) is 7.01. The topological polar surface area (TPSA) is 67.8 Å². The summed E-state index contributed by atoms with van der Waals surface area (Å²) in [4.78, 5) is 11.8. The van der Waals surface area contributed by atoms with Crippen LogP contribution in [-0.4, -0.2) is 18.2 Å². The Hall–Kier alpha value is -2.67. The number of methoxy groups -OCH3 is 1. The van der Waals surface area contributed by atoms with E-state index in [1.807, 2.05) is 31.2 Å². The van der Waals surface area contributed by atoms with Crippen molar-refractivity contribution in [1.82, 2.24) is 0 Å². The molecule has 2 N–H and O–H groups in total. The molecule has 8 heteroatoms. The third-order valence-corrected chi connectivity index (χ3v) is 8.33. The number of hydrogen-bond acceptors (Lipinski definition) is 4. The van der Waals surface area contributed by atoms with Crippen molar-refractivity contribution in [3.8, 4) is 11.5 Å². The minimum atomic E-state index is -0.925. The van der Waals surface area contributed by atoms with Gasteiger partial charge in [0.25, 0.3) is 0 Å². The molecule has 5 nitrogen and oxygen atoms in total. The number of allylic oxidation sites excluding steroid dienone is 2. The van der Waals surface area contributed by atoms with Crippen LogP contribution in [-0.2, 0) is 6.61 Å². The standard InChI is InChI=1S/C28H24BrCl2NO4/c1-14-17(28(33)34)7-8-20-18-4-3-5-19(18)26(32-25(14)20)16-11-21(29)27(24(12-16)35-2)36-13-15-6-9-22(30)23(31)10-15/h3-4,6-12,18-19,26,32H,5,13H2,1-2H3,(H,33,34)/t18-,19+,26-/m0/s1. The molecule has 2 aliphatic rings. The fraction of sp³-hybridized carbons (Fsp3) is 0.250. The van der Waals surface area contributed by atoms with Crippen LogP contribution < -0.4 is 14.8 Å². The highest BCUT2D eigenvalue weighted by Gasteiger charge is 2.39. The largest absolute Gasteiger partial charge is 0.493 e. The summed E-state index contributed by atoms with van der Waals surface area (Å²) in [5.41, 5.74) is 5.01. The average Bonchev–Trinajstić information content (AvgIpc) is 3.35. The molecule has 0 bridgehead atoms. The number of aromatic carboxylic acids is 1. The van der Waals surface area contributed by atoms with Crippen LogP contribution in [0, 0.1) is 12.8 Å². The van der Waals surface area contributed by atoms with Gasteiger partial charge < -0.3 is 19.9 Å². The van der Waals surface area contributed by atoms with Crippen LogP contribution in [0.3, 0.4) is 0 Å². The third kappa shape index (κ3) is 4.47. The van der Waals surface area contributed by atoms with Gasteiger partial charge in [-0.25, -0.2) is 4.79 Å². The normalized spacial score (nSPS) is 19.9. The van der Waals surface area contributed by atoms with E-state index < -0.39 is 5.97 Å². The van der Waals surface area contributed by atoms with E-state index in [0.717, 1.165) is 38.8 Å². The van der Waals surface area contributed by atoms with Gasteiger partial charge in [0.2, 0.25) is 0 Å². The molecule has 0 fully saturated rings. The van der Waals surface area contributed by atoms with Crippen molar-refractivity contribution < 1.29 is 19.4 Å². The second-order valence-corrected chi connectivity index (χ2v) is 10.7. The zero-order valence-corrected chi connectivity index (χ0v) is 22.7. The van der Waals surface area contributed by atoms with E-state index in [1.165, 1.54) is 0 Å². The van der Waals surface area contributed by atoms with Gasteiger partial charge in [-0.2, -0.15) is 0 Å². The summed E-state index contributed by atoms with van der Waals surface area (Å²) in [6.07, 6.45) is 5.37. The molecule has 3 aromatic rings. The number of hydrogen-bond donors (Lipinski definition) is 2. The van der Waals surface area contributed by atoms with Crippen LogP contribution in [0.2, 0.25) is 10.0 Å². The maximum absolute atomic E-state index is 11.8. The smallest absolute Gasteiger partial charge is 0.336 e. The number of fused-ring (bicyclic) bond motifs is 3. The van der Waals surface area contributed by atoms with E-state index >= 15 is 0 Å². The molecule has 36 heavy (non-hydrogen) atoms. The fourth-order valence-electron chi connectivity index (χ4n) is 5.22. The van der Waals surface area contributed by atoms with Crippen molar-refractivity contribution in [3.63, 3.8) is 0 Å². The maximum Gasteiger partial charge on any atom is 0.336 e. The summed E-state index contributed by atoms with van der Waals surface area (Å²) in [5.74, 6) is 0.778. The van der Waals surface area contributed by atoms with Crippen LogP contribution in [0.15, 0.2) is 59.1 Å². The first-order chi connectivity index (χ1) is 17.3. The Bertz CT molecular complexity index is 1390. The molecule has 1 aliphatic heterocycles. The number of carbonyl (C=O) groups is 1. The molecule has 3 atom stereocenters. The van der Waals surface area contributed by atoms with Gasteiger partial charge in [-0.1, -0.05) is 47.5 Å². The minimum absolute atomic E-state index is 0.0328. The van der Waals surface area contributed by atoms with Crippen molar-refractivity contribution in [1.29, 1.82) is 0 Å². The van der Waals surface area contributed by atoms with Crippen molar-refractivity contribution in [2.45, 2.75) is 31.9 Å². The van der Waals surface area contributed by atoms with E-state index in [2.05, 4.69) is 33.4 Å². The lowest BCUT2D eigenvalue weighted by Crippen LogP contribution is -2.30. The van der Waals surface area contributed by atoms with Crippen molar-refractivity contribution in [3.05, 3.63) is 97.0 Å². The number of halogens is 3. The molecule has 0 radical (unpaired) electrons. The Kier molecular flexibility index (Phi) is 6.95. The zero-order valence-electron chi connectivity index (χ0n) is 19.6. The number of nitrogens with one attached hydrogen (secondary N) is 1. The number of carboxylic acid groups (broad SMARTS) is 1. The summed E-state index contributed by atoms with van der Waals surface area (Å²) in [6.45, 7) is 2.16. The Morgan fingerprint density at radius 2 is 1.97 bits per heavy atom. The first-order valence-electron chi connectivity index (χ1n) is 11.5. The molecule has 186 valence electrons. The Morgan fingerprint density at radius 3 is 2.69 bits per heavy atom. The first kappa shape index (κ1) is 25.0. The van der Waals surface area contributed by atoms with Crippen LogP contribution >= 0.6 is 39.1 Å². The van der Waals surface area contributed by atoms with Gasteiger partial charge in [0.05, 0.1) is 33.2 Å². The summed E-state index contributed by atoms with van der Waals surface area (Å²) < 4.78 is 12.6. The summed E-state index contributed by atoms with van der Waals surface area (Å²) in [5, 5.41) is 14.3. The monoisotopic (exact) mass is 587 g/mol. The molecule has 0 saturated carbocycles. The molecule has 0 saturated heterocycles. The molecule has 1 aliphatic carbocycles. The van der Waals surface area contributed by atoms with E-state index in [9.17, 15) is 9.90 Å². The highest BCUT2D eigenvalue weighted by atomic mass is 79.9. The lowest BCUT2D eigenvalue weighted by molar-refractivity contribution is 0.0696. The molecule has 0 amide bonds. The number of ether oxygens (including phenoxy) is 2. The average molecular weight is 589 g/mol. The van der Waals surface area contributed by atoms with Crippen molar-refractivity contribution in [2.24, 2.45) is 5.92 Å². The maximum atomic E-state index is 11.8. The Labute approximate surface area is 228 Å². The molecule has 3 aromatic carbocycles. The van der Waals surface area contributed by atoms with Gasteiger partial charge in [0, 0.05) is 11.6 Å². The number of rotatable bonds is 6. The van der Waals surface area contributed by atoms with Gasteiger partial charge in [0.1, 0.15) is 6.61 Å². The SMILES string of the molecule is COc1cc([C@@H]2Nc3c(ccc(C(=O)O)c3C)[C@H]3C=CC[C@H]32)cc(Br)c1OCc1ccc(Cl)c(Cl)c1. The van der Waals surface area contributed by atoms with Crippen LogP contribution in [0.4, 0.5) is 5.69 Å². The predicted octanol–water partition coefficient (Wildman–Crippen LogP) is 8.18. The highest BCUT2D eigenvalue weighted by Crippen LogP contribution is 2.52. The van der Waals surface area contributed by atoms with E-state index in [1.54, 1.807) is 25.3 Å². The lowest BCUT2D eigenvalue weighted by Gasteiger charge is -2.39. The fourth-order valence-corrected chi connectivity index (χ4v) is 6.12. The van der Waals surface area contributed by atoms with Gasteiger partial charge in [-0.05, 0) is 87.8 Å². The molecule has 1 heterocycles. The van der Waals surface area contributed by atoms with Gasteiger partial charge >= 0.3 is 5.97 Å². The van der Waals surface area contributed by atoms with Crippen LogP contribution in [0.5, 0.6) is 11.5 Å². The number of anilines is 1. The zero-order chi connectivity index (χ0) is 25.6. The molecule has 0 aromatic heterocycles. The summed E-state index contributed by atoms with van der Waals surface area (Å²) >= 11 is 15.9. The first-order valence-corrected chi connectivity index (χ1v) is 13.1. The van der Waals surface area contributed by atoms with E-state index in [4.69, 9.17) is 32.7 Å². The second-order valence-electron chi connectivity index (χ2n) is 9.05. The number of benzene rings is 3. The quantitative estimate of drug-likeness (QED) is 0.284. The summed E-state index contributed by atoms with van der Waals surface area (Å²) in [7, 11) is 1.62. The lowest BCUT2D eigenvalue weighted by atomic mass is 9.76. The molecule has 0 spiro atoms. The number of carboxylic acids is 1. The molecular formula is C28H24BrCl2NO4. The van der Waals surface area contributed by atoms with Crippen molar-refractivity contribution >= 4 is 50.8 Å². The second kappa shape index (κ2) is 10.0. The van der Waals surface area contributed by atoms with E-state index in [0.29, 0.717) is 39.6 Å². The van der Waals surface area contributed by atoms with Gasteiger partial charge in [-0.15, -0.1) is 0 Å². The molecule has 5 rings (SSSR count). The predicted molar refractivity (Wildman–Crippen MR) is 146 cm³/mol. The Balaban J connectivity index is 1.48.